The van der Waals surface area contributed by atoms with E-state index in [1.165, 1.54) is 0 Å². The van der Waals surface area contributed by atoms with Gasteiger partial charge in [-0.25, -0.2) is 4.99 Å². The molecule has 12 heavy (non-hydrogen) atoms. The average Bonchev–Trinajstić information content (AvgIpc) is 2.09. The normalized spacial score (nSPS) is 11.8. The number of hydrogen-bond donors (Lipinski definition) is 0. The van der Waals surface area contributed by atoms with E-state index in [-0.39, 0.29) is 5.88 Å². The Balaban J connectivity index is 2.84. The second-order valence-corrected chi connectivity index (χ2v) is 3.24. The van der Waals surface area contributed by atoms with Crippen molar-refractivity contribution in [1.82, 2.24) is 0 Å². The van der Waals surface area contributed by atoms with Crippen LogP contribution in [0.1, 0.15) is 0 Å². The molecule has 1 aromatic carbocycles. The van der Waals surface area contributed by atoms with Crippen LogP contribution in [0.4, 0.5) is 5.69 Å². The molecular formula is C8H6Cl3N. The first-order valence-corrected chi connectivity index (χ1v) is 4.56. The summed E-state index contributed by atoms with van der Waals surface area (Å²) in [5, 5.41) is 1.05. The molecule has 0 aliphatic heterocycles. The number of benzene rings is 1. The number of halogens is 3. The highest BCUT2D eigenvalue weighted by molar-refractivity contribution is 6.69. The van der Waals surface area contributed by atoms with E-state index in [4.69, 9.17) is 34.8 Å². The number of nitrogens with zero attached hydrogens (tertiary/aromatic N) is 1. The molecule has 0 amide bonds. The average molecular weight is 223 g/mol. The van der Waals surface area contributed by atoms with E-state index in [1.807, 2.05) is 0 Å². The Labute approximate surface area is 86.0 Å². The second-order valence-electron chi connectivity index (χ2n) is 2.10. The van der Waals surface area contributed by atoms with E-state index in [0.717, 1.165) is 5.69 Å². The zero-order chi connectivity index (χ0) is 8.97. The van der Waals surface area contributed by atoms with Crippen molar-refractivity contribution < 1.29 is 0 Å². The van der Waals surface area contributed by atoms with Gasteiger partial charge in [0.25, 0.3) is 0 Å². The van der Waals surface area contributed by atoms with Crippen molar-refractivity contribution in [1.29, 1.82) is 0 Å². The summed E-state index contributed by atoms with van der Waals surface area (Å²) in [6.07, 6.45) is 0. The zero-order valence-electron chi connectivity index (χ0n) is 6.10. The van der Waals surface area contributed by atoms with Gasteiger partial charge in [0.05, 0.1) is 11.6 Å². The zero-order valence-corrected chi connectivity index (χ0v) is 8.37. The lowest BCUT2D eigenvalue weighted by molar-refractivity contribution is 1.52. The Morgan fingerprint density at radius 3 is 2.33 bits per heavy atom. The van der Waals surface area contributed by atoms with Crippen LogP contribution in [0.5, 0.6) is 0 Å². The monoisotopic (exact) mass is 221 g/mol. The third kappa shape index (κ3) is 3.02. The maximum Gasteiger partial charge on any atom is 0.121 e. The standard InChI is InChI=1S/C8H6Cl3N/c9-5-8(11)12-7-3-1-6(10)2-4-7/h1-4H,5H2. The molecule has 0 N–H and O–H groups in total. The summed E-state index contributed by atoms with van der Waals surface area (Å²) in [7, 11) is 0. The number of rotatable bonds is 2. The maximum absolute atomic E-state index is 5.67. The summed E-state index contributed by atoms with van der Waals surface area (Å²) in [4.78, 5) is 4.01. The minimum Gasteiger partial charge on any atom is -0.240 e. The van der Waals surface area contributed by atoms with Crippen LogP contribution in [0.3, 0.4) is 0 Å². The molecule has 0 unspecified atom stereocenters. The predicted molar refractivity (Wildman–Crippen MR) is 55.1 cm³/mol. The molecule has 1 aromatic rings. The molecule has 64 valence electrons. The number of alkyl halides is 1. The van der Waals surface area contributed by atoms with Gasteiger partial charge in [-0.1, -0.05) is 23.2 Å². The molecule has 0 heterocycles. The predicted octanol–water partition coefficient (Wildman–Crippen LogP) is 3.85. The van der Waals surface area contributed by atoms with Crippen LogP contribution in [0.15, 0.2) is 29.3 Å². The molecule has 4 heteroatoms. The van der Waals surface area contributed by atoms with E-state index in [1.54, 1.807) is 24.3 Å². The van der Waals surface area contributed by atoms with Gasteiger partial charge in [0.15, 0.2) is 0 Å². The Morgan fingerprint density at radius 1 is 1.25 bits per heavy atom. The van der Waals surface area contributed by atoms with Gasteiger partial charge >= 0.3 is 0 Å². The third-order valence-corrected chi connectivity index (χ3v) is 2.05. The molecule has 0 radical (unpaired) electrons. The van der Waals surface area contributed by atoms with Gasteiger partial charge in [0.1, 0.15) is 5.17 Å². The minimum absolute atomic E-state index is 0.226. The molecule has 0 saturated carbocycles. The molecule has 0 fully saturated rings. The van der Waals surface area contributed by atoms with E-state index in [0.29, 0.717) is 10.2 Å². The molecule has 0 atom stereocenters. The highest BCUT2D eigenvalue weighted by Crippen LogP contribution is 2.16. The minimum atomic E-state index is 0.226. The van der Waals surface area contributed by atoms with Gasteiger partial charge in [-0.3, -0.25) is 0 Å². The van der Waals surface area contributed by atoms with Gasteiger partial charge in [-0.05, 0) is 24.3 Å². The van der Waals surface area contributed by atoms with E-state index >= 15 is 0 Å². The van der Waals surface area contributed by atoms with Crippen molar-refractivity contribution in [2.75, 3.05) is 5.88 Å². The summed E-state index contributed by atoms with van der Waals surface area (Å²) in [6.45, 7) is 0. The quantitative estimate of drug-likeness (QED) is 0.532. The van der Waals surface area contributed by atoms with Crippen LogP contribution in [0, 0.1) is 0 Å². The molecule has 0 saturated heterocycles. The SMILES string of the molecule is ClCC(Cl)=Nc1ccc(Cl)cc1. The Hall–Kier alpha value is -0.240. The van der Waals surface area contributed by atoms with Crippen molar-refractivity contribution in [2.24, 2.45) is 4.99 Å². The van der Waals surface area contributed by atoms with Gasteiger partial charge in [0.2, 0.25) is 0 Å². The fourth-order valence-electron chi connectivity index (χ4n) is 0.686. The number of hydrogen-bond acceptors (Lipinski definition) is 1. The van der Waals surface area contributed by atoms with Crippen molar-refractivity contribution in [3.05, 3.63) is 29.3 Å². The molecule has 0 aliphatic carbocycles. The fourth-order valence-corrected chi connectivity index (χ4v) is 0.969. The summed E-state index contributed by atoms with van der Waals surface area (Å²) in [5.74, 6) is 0.226. The largest absolute Gasteiger partial charge is 0.240 e. The highest BCUT2D eigenvalue weighted by Gasteiger charge is 1.92. The lowest BCUT2D eigenvalue weighted by atomic mass is 10.3. The van der Waals surface area contributed by atoms with Gasteiger partial charge in [0, 0.05) is 5.02 Å². The van der Waals surface area contributed by atoms with Crippen LogP contribution in [0.2, 0.25) is 5.02 Å². The van der Waals surface area contributed by atoms with E-state index < -0.39 is 0 Å². The smallest absolute Gasteiger partial charge is 0.121 e. The van der Waals surface area contributed by atoms with Crippen molar-refractivity contribution in [2.45, 2.75) is 0 Å². The highest BCUT2D eigenvalue weighted by atomic mass is 35.5. The summed E-state index contributed by atoms with van der Waals surface area (Å²) < 4.78 is 0. The van der Waals surface area contributed by atoms with Crippen LogP contribution in [-0.2, 0) is 0 Å². The lowest BCUT2D eigenvalue weighted by Crippen LogP contribution is -1.85. The molecule has 0 aliphatic rings. The molecule has 0 aromatic heterocycles. The first-order valence-electron chi connectivity index (χ1n) is 3.27. The van der Waals surface area contributed by atoms with Gasteiger partial charge in [-0.2, -0.15) is 0 Å². The molecule has 1 nitrogen and oxygen atoms in total. The molecule has 0 spiro atoms. The third-order valence-electron chi connectivity index (χ3n) is 1.19. The van der Waals surface area contributed by atoms with Crippen molar-refractivity contribution in [3.63, 3.8) is 0 Å². The summed E-state index contributed by atoms with van der Waals surface area (Å²) >= 11 is 16.7. The second kappa shape index (κ2) is 4.70. The van der Waals surface area contributed by atoms with E-state index in [2.05, 4.69) is 4.99 Å². The first-order chi connectivity index (χ1) is 5.72. The van der Waals surface area contributed by atoms with Crippen LogP contribution in [0.25, 0.3) is 0 Å². The van der Waals surface area contributed by atoms with Crippen LogP contribution < -0.4 is 0 Å². The van der Waals surface area contributed by atoms with Crippen LogP contribution in [-0.4, -0.2) is 11.1 Å². The van der Waals surface area contributed by atoms with E-state index in [9.17, 15) is 0 Å². The Morgan fingerprint density at radius 2 is 1.83 bits per heavy atom. The van der Waals surface area contributed by atoms with Gasteiger partial charge in [-0.15, -0.1) is 11.6 Å². The van der Waals surface area contributed by atoms with Crippen molar-refractivity contribution >= 4 is 45.7 Å². The Bertz CT molecular complexity index is 279. The lowest BCUT2D eigenvalue weighted by Gasteiger charge is -1.94. The van der Waals surface area contributed by atoms with Crippen molar-refractivity contribution in [3.8, 4) is 0 Å². The molecule has 1 rings (SSSR count). The fraction of sp³-hybridized carbons (Fsp3) is 0.125. The molecule has 0 bridgehead atoms. The first kappa shape index (κ1) is 9.85. The summed E-state index contributed by atoms with van der Waals surface area (Å²) in [6, 6.07) is 7.05. The maximum atomic E-state index is 5.67. The van der Waals surface area contributed by atoms with Gasteiger partial charge < -0.3 is 0 Å². The Kier molecular flexibility index (Phi) is 3.86. The summed E-state index contributed by atoms with van der Waals surface area (Å²) in [5.41, 5.74) is 0.755. The molecular weight excluding hydrogens is 216 g/mol. The van der Waals surface area contributed by atoms with Crippen LogP contribution >= 0.6 is 34.8 Å². The number of aliphatic imine (C=N–C) groups is 1. The topological polar surface area (TPSA) is 12.4 Å².